The Labute approximate surface area is 184 Å². The van der Waals surface area contributed by atoms with Crippen molar-refractivity contribution in [3.05, 3.63) is 41.3 Å². The van der Waals surface area contributed by atoms with Gasteiger partial charge in [-0.3, -0.25) is 14.3 Å². The second-order valence-electron chi connectivity index (χ2n) is 8.74. The van der Waals surface area contributed by atoms with E-state index in [1.54, 1.807) is 0 Å². The summed E-state index contributed by atoms with van der Waals surface area (Å²) in [6.45, 7) is 2.80. The summed E-state index contributed by atoms with van der Waals surface area (Å²) in [4.78, 5) is 28.4. The summed E-state index contributed by atoms with van der Waals surface area (Å²) in [5.41, 5.74) is 1.93. The minimum atomic E-state index is -0.552. The smallest absolute Gasteiger partial charge is 0.264 e. The third-order valence-corrected chi connectivity index (χ3v) is 7.78. The molecule has 1 saturated heterocycles. The Morgan fingerprint density at radius 1 is 1.16 bits per heavy atom. The molecule has 4 atom stereocenters. The number of aliphatic hydroxyl groups excluding tert-OH is 1. The van der Waals surface area contributed by atoms with Gasteiger partial charge in [0.15, 0.2) is 0 Å². The molecule has 3 aromatic rings. The Hall–Kier alpha value is -2.71. The zero-order valence-corrected chi connectivity index (χ0v) is 18.4. The van der Waals surface area contributed by atoms with Gasteiger partial charge in [-0.05, 0) is 30.7 Å². The molecule has 8 heteroatoms. The molecule has 1 aliphatic heterocycles. The molecule has 0 radical (unpaired) electrons. The van der Waals surface area contributed by atoms with Crippen LogP contribution in [-0.2, 0) is 11.8 Å². The molecule has 2 aliphatic rings. The van der Waals surface area contributed by atoms with Crippen molar-refractivity contribution in [1.29, 1.82) is 0 Å². The Balaban J connectivity index is 1.37. The van der Waals surface area contributed by atoms with E-state index in [-0.39, 0.29) is 23.8 Å². The molecular weight excluding hydrogens is 412 g/mol. The highest BCUT2D eigenvalue weighted by Crippen LogP contribution is 2.39. The monoisotopic (exact) mass is 438 g/mol. The third-order valence-electron chi connectivity index (χ3n) is 6.59. The van der Waals surface area contributed by atoms with Crippen LogP contribution in [0.1, 0.15) is 29.4 Å². The van der Waals surface area contributed by atoms with Gasteiger partial charge in [0.25, 0.3) is 5.91 Å². The number of nitrogens with one attached hydrogen (secondary N) is 1. The number of carbonyl (C=O) groups excluding carboxylic acids is 2. The molecule has 0 unspecified atom stereocenters. The summed E-state index contributed by atoms with van der Waals surface area (Å²) in [6.07, 6.45) is 0.779. The van der Waals surface area contributed by atoms with Crippen molar-refractivity contribution >= 4 is 33.4 Å². The van der Waals surface area contributed by atoms with Crippen LogP contribution in [0.2, 0.25) is 0 Å². The quantitative estimate of drug-likeness (QED) is 0.658. The van der Waals surface area contributed by atoms with E-state index in [4.69, 9.17) is 0 Å². The first kappa shape index (κ1) is 20.2. The van der Waals surface area contributed by atoms with E-state index in [0.29, 0.717) is 31.8 Å². The number of hydrogen-bond acceptors (Lipinski definition) is 5. The third kappa shape index (κ3) is 3.64. The van der Waals surface area contributed by atoms with Gasteiger partial charge in [0.1, 0.15) is 10.5 Å². The Morgan fingerprint density at radius 3 is 2.58 bits per heavy atom. The van der Waals surface area contributed by atoms with Gasteiger partial charge < -0.3 is 15.3 Å². The van der Waals surface area contributed by atoms with Gasteiger partial charge >= 0.3 is 0 Å². The Kier molecular flexibility index (Phi) is 5.06. The molecule has 2 amide bonds. The standard InChI is InChI=1S/C23H26N4O3S/c1-13(28)24-18-8-15-11-27(12-16(15)9-19(18)29)22(30)20-10-17-21(14-6-4-3-5-7-14)25-26(2)23(17)31-20/h3-7,10,15-16,18-19,29H,8-9,11-12H2,1-2H3,(H,24,28)/t15-,16+,18-,19-/m1/s1. The number of fused-ring (bicyclic) bond motifs is 2. The van der Waals surface area contributed by atoms with E-state index in [1.165, 1.54) is 18.3 Å². The predicted molar refractivity (Wildman–Crippen MR) is 120 cm³/mol. The lowest BCUT2D eigenvalue weighted by atomic mass is 9.77. The number of rotatable bonds is 3. The van der Waals surface area contributed by atoms with Crippen molar-refractivity contribution in [2.45, 2.75) is 31.9 Å². The maximum absolute atomic E-state index is 13.3. The highest BCUT2D eigenvalue weighted by atomic mass is 32.1. The van der Waals surface area contributed by atoms with E-state index < -0.39 is 6.10 Å². The molecule has 3 heterocycles. The van der Waals surface area contributed by atoms with Crippen LogP contribution in [-0.4, -0.2) is 56.8 Å². The number of carbonyl (C=O) groups is 2. The molecule has 0 bridgehead atoms. The molecule has 1 aromatic carbocycles. The first-order valence-corrected chi connectivity index (χ1v) is 11.5. The SMILES string of the molecule is CC(=O)N[C@@H]1C[C@@H]2CN(C(=O)c3cc4c(-c5ccccc5)nn(C)c4s3)C[C@@H]2C[C@H]1O. The van der Waals surface area contributed by atoms with E-state index in [9.17, 15) is 14.7 Å². The van der Waals surface area contributed by atoms with Crippen LogP contribution in [0, 0.1) is 11.8 Å². The summed E-state index contributed by atoms with van der Waals surface area (Å²) in [6, 6.07) is 11.8. The topological polar surface area (TPSA) is 87.5 Å². The molecule has 2 aromatic heterocycles. The van der Waals surface area contributed by atoms with Gasteiger partial charge in [-0.25, -0.2) is 0 Å². The number of amides is 2. The number of aryl methyl sites for hydroxylation is 1. The first-order valence-electron chi connectivity index (χ1n) is 10.7. The lowest BCUT2D eigenvalue weighted by Gasteiger charge is -2.35. The predicted octanol–water partition coefficient (Wildman–Crippen LogP) is 2.65. The number of hydrogen-bond donors (Lipinski definition) is 2. The van der Waals surface area contributed by atoms with Crippen LogP contribution in [0.4, 0.5) is 0 Å². The molecule has 1 saturated carbocycles. The molecule has 2 N–H and O–H groups in total. The lowest BCUT2D eigenvalue weighted by molar-refractivity contribution is -0.121. The van der Waals surface area contributed by atoms with E-state index in [0.717, 1.165) is 26.4 Å². The van der Waals surface area contributed by atoms with Gasteiger partial charge in [0.2, 0.25) is 5.91 Å². The van der Waals surface area contributed by atoms with E-state index in [2.05, 4.69) is 10.4 Å². The van der Waals surface area contributed by atoms with Crippen LogP contribution >= 0.6 is 11.3 Å². The molecule has 162 valence electrons. The normalized spacial score (nSPS) is 25.6. The van der Waals surface area contributed by atoms with Crippen LogP contribution in [0.3, 0.4) is 0 Å². The van der Waals surface area contributed by atoms with Crippen LogP contribution in [0.5, 0.6) is 0 Å². The number of likely N-dealkylation sites (tertiary alicyclic amines) is 1. The summed E-state index contributed by atoms with van der Waals surface area (Å²) in [7, 11) is 1.91. The maximum atomic E-state index is 13.3. The fraction of sp³-hybridized carbons (Fsp3) is 0.435. The number of aliphatic hydroxyl groups is 1. The van der Waals surface area contributed by atoms with Crippen LogP contribution in [0.25, 0.3) is 21.5 Å². The molecule has 5 rings (SSSR count). The highest BCUT2D eigenvalue weighted by molar-refractivity contribution is 7.20. The van der Waals surface area contributed by atoms with Crippen molar-refractivity contribution in [1.82, 2.24) is 20.0 Å². The van der Waals surface area contributed by atoms with Gasteiger partial charge in [-0.2, -0.15) is 5.10 Å². The second-order valence-corrected chi connectivity index (χ2v) is 9.77. The van der Waals surface area contributed by atoms with Crippen molar-refractivity contribution in [2.75, 3.05) is 13.1 Å². The minimum absolute atomic E-state index is 0.0418. The number of nitrogens with zero attached hydrogens (tertiary/aromatic N) is 3. The van der Waals surface area contributed by atoms with Gasteiger partial charge in [0.05, 0.1) is 17.0 Å². The number of aromatic nitrogens is 2. The summed E-state index contributed by atoms with van der Waals surface area (Å²) in [5, 5.41) is 18.9. The fourth-order valence-electron chi connectivity index (χ4n) is 5.12. The largest absolute Gasteiger partial charge is 0.391 e. The first-order chi connectivity index (χ1) is 14.9. The number of thiophene rings is 1. The summed E-state index contributed by atoms with van der Waals surface area (Å²) in [5.74, 6) is 0.502. The van der Waals surface area contributed by atoms with Gasteiger partial charge in [-0.1, -0.05) is 30.3 Å². The average molecular weight is 439 g/mol. The molecule has 2 fully saturated rings. The number of benzene rings is 1. The van der Waals surface area contributed by atoms with Crippen LogP contribution < -0.4 is 5.32 Å². The van der Waals surface area contributed by atoms with E-state index in [1.807, 2.05) is 53.0 Å². The molecular formula is C23H26N4O3S. The molecule has 0 spiro atoms. The van der Waals surface area contributed by atoms with Crippen molar-refractivity contribution in [3.8, 4) is 11.3 Å². The Morgan fingerprint density at radius 2 is 1.87 bits per heavy atom. The highest BCUT2D eigenvalue weighted by Gasteiger charge is 2.43. The molecule has 1 aliphatic carbocycles. The summed E-state index contributed by atoms with van der Waals surface area (Å²) < 4.78 is 1.84. The van der Waals surface area contributed by atoms with Gasteiger partial charge in [0, 0.05) is 38.0 Å². The van der Waals surface area contributed by atoms with Gasteiger partial charge in [-0.15, -0.1) is 11.3 Å². The fourth-order valence-corrected chi connectivity index (χ4v) is 6.16. The van der Waals surface area contributed by atoms with Crippen LogP contribution in [0.15, 0.2) is 36.4 Å². The maximum Gasteiger partial charge on any atom is 0.264 e. The zero-order chi connectivity index (χ0) is 21.7. The summed E-state index contributed by atoms with van der Waals surface area (Å²) >= 11 is 1.48. The van der Waals surface area contributed by atoms with E-state index >= 15 is 0 Å². The lowest BCUT2D eigenvalue weighted by Crippen LogP contribution is -2.48. The molecule has 7 nitrogen and oxygen atoms in total. The van der Waals surface area contributed by atoms with Crippen molar-refractivity contribution in [2.24, 2.45) is 18.9 Å². The Bertz CT molecular complexity index is 1140. The second kappa shape index (κ2) is 7.76. The minimum Gasteiger partial charge on any atom is -0.391 e. The van der Waals surface area contributed by atoms with Crippen molar-refractivity contribution in [3.63, 3.8) is 0 Å². The average Bonchev–Trinajstić information content (AvgIpc) is 3.43. The molecule has 31 heavy (non-hydrogen) atoms. The van der Waals surface area contributed by atoms with Crippen molar-refractivity contribution < 1.29 is 14.7 Å². The zero-order valence-electron chi connectivity index (χ0n) is 17.6.